The summed E-state index contributed by atoms with van der Waals surface area (Å²) >= 11 is 19.5. The van der Waals surface area contributed by atoms with E-state index >= 15 is 0 Å². The molecule has 9 heteroatoms. The molecule has 0 atom stereocenters. The van der Waals surface area contributed by atoms with E-state index in [1.807, 2.05) is 25.2 Å². The van der Waals surface area contributed by atoms with Crippen molar-refractivity contribution < 1.29 is 4.79 Å². The highest BCUT2D eigenvalue weighted by Crippen LogP contribution is 2.30. The second-order valence-electron chi connectivity index (χ2n) is 5.28. The minimum absolute atomic E-state index is 0.150. The molecule has 1 N–H and O–H groups in total. The summed E-state index contributed by atoms with van der Waals surface area (Å²) in [5, 5.41) is 12.9. The fourth-order valence-electron chi connectivity index (χ4n) is 2.23. The van der Waals surface area contributed by atoms with Gasteiger partial charge in [0.15, 0.2) is 11.0 Å². The average Bonchev–Trinajstić information content (AvgIpc) is 2.98. The van der Waals surface area contributed by atoms with Crippen molar-refractivity contribution in [1.29, 1.82) is 0 Å². The van der Waals surface area contributed by atoms with Crippen LogP contribution in [0.5, 0.6) is 0 Å². The predicted molar refractivity (Wildman–Crippen MR) is 107 cm³/mol. The van der Waals surface area contributed by atoms with Gasteiger partial charge in [-0.3, -0.25) is 4.79 Å². The molecule has 0 aliphatic heterocycles. The third-order valence-corrected chi connectivity index (χ3v) is 5.68. The highest BCUT2D eigenvalue weighted by Gasteiger charge is 2.15. The number of carbonyl (C=O) groups is 1. The second-order valence-corrected chi connectivity index (χ2v) is 7.42. The molecule has 1 aromatic heterocycles. The number of nitrogens with one attached hydrogen (secondary N) is 1. The maximum absolute atomic E-state index is 12.2. The summed E-state index contributed by atoms with van der Waals surface area (Å²) in [6.45, 7) is 0. The van der Waals surface area contributed by atoms with E-state index in [2.05, 4.69) is 15.5 Å². The SMILES string of the molecule is Cn1c(SCC(=O)Nc2cccc(Cl)c2Cl)nnc1-c1ccccc1Cl. The number of halogens is 3. The van der Waals surface area contributed by atoms with Crippen LogP contribution in [0.3, 0.4) is 0 Å². The molecule has 3 rings (SSSR count). The number of hydrogen-bond acceptors (Lipinski definition) is 4. The van der Waals surface area contributed by atoms with E-state index in [9.17, 15) is 4.79 Å². The van der Waals surface area contributed by atoms with E-state index in [-0.39, 0.29) is 11.7 Å². The zero-order valence-electron chi connectivity index (χ0n) is 13.5. The van der Waals surface area contributed by atoms with Gasteiger partial charge in [0.2, 0.25) is 5.91 Å². The third kappa shape index (κ3) is 4.15. The average molecular weight is 428 g/mol. The topological polar surface area (TPSA) is 59.8 Å². The van der Waals surface area contributed by atoms with Gasteiger partial charge < -0.3 is 9.88 Å². The van der Waals surface area contributed by atoms with E-state index in [1.165, 1.54) is 11.8 Å². The quantitative estimate of drug-likeness (QED) is 0.570. The van der Waals surface area contributed by atoms with Crippen molar-refractivity contribution in [1.82, 2.24) is 14.8 Å². The fraction of sp³-hybridized carbons (Fsp3) is 0.118. The van der Waals surface area contributed by atoms with Crippen molar-refractivity contribution in [2.45, 2.75) is 5.16 Å². The minimum atomic E-state index is -0.221. The van der Waals surface area contributed by atoms with Gasteiger partial charge >= 0.3 is 0 Å². The lowest BCUT2D eigenvalue weighted by atomic mass is 10.2. The molecule has 0 aliphatic rings. The van der Waals surface area contributed by atoms with Gasteiger partial charge in [0.25, 0.3) is 0 Å². The molecule has 0 aliphatic carbocycles. The van der Waals surface area contributed by atoms with Crippen LogP contribution < -0.4 is 5.32 Å². The molecule has 26 heavy (non-hydrogen) atoms. The van der Waals surface area contributed by atoms with Crippen molar-refractivity contribution in [2.24, 2.45) is 7.05 Å². The summed E-state index contributed by atoms with van der Waals surface area (Å²) in [6.07, 6.45) is 0. The van der Waals surface area contributed by atoms with Crippen LogP contribution in [0.15, 0.2) is 47.6 Å². The Morgan fingerprint density at radius 1 is 1.08 bits per heavy atom. The lowest BCUT2D eigenvalue weighted by Gasteiger charge is -2.08. The number of hydrogen-bond donors (Lipinski definition) is 1. The zero-order valence-corrected chi connectivity index (χ0v) is 16.6. The van der Waals surface area contributed by atoms with Gasteiger partial charge in [0.1, 0.15) is 0 Å². The standard InChI is InChI=1S/C17H13Cl3N4OS/c1-24-16(10-5-2-3-6-11(10)18)22-23-17(24)26-9-14(25)21-13-8-4-7-12(19)15(13)20/h2-8H,9H2,1H3,(H,21,25). The molecule has 1 heterocycles. The van der Waals surface area contributed by atoms with E-state index < -0.39 is 0 Å². The molecule has 5 nitrogen and oxygen atoms in total. The Hall–Kier alpha value is -1.73. The van der Waals surface area contributed by atoms with Crippen LogP contribution in [0, 0.1) is 0 Å². The molecule has 0 spiro atoms. The molecule has 134 valence electrons. The van der Waals surface area contributed by atoms with Crippen LogP contribution in [0.1, 0.15) is 0 Å². The van der Waals surface area contributed by atoms with Gasteiger partial charge in [-0.05, 0) is 24.3 Å². The highest BCUT2D eigenvalue weighted by molar-refractivity contribution is 7.99. The Balaban J connectivity index is 1.68. The molecule has 0 saturated heterocycles. The molecule has 0 unspecified atom stereocenters. The van der Waals surface area contributed by atoms with E-state index in [1.54, 1.807) is 28.8 Å². The van der Waals surface area contributed by atoms with Gasteiger partial charge in [-0.25, -0.2) is 0 Å². The van der Waals surface area contributed by atoms with Gasteiger partial charge in [0.05, 0.1) is 26.5 Å². The Bertz CT molecular complexity index is 961. The molecule has 1 amide bonds. The van der Waals surface area contributed by atoms with Crippen molar-refractivity contribution in [3.8, 4) is 11.4 Å². The highest BCUT2D eigenvalue weighted by atomic mass is 35.5. The molecule has 0 bridgehead atoms. The maximum Gasteiger partial charge on any atom is 0.234 e. The maximum atomic E-state index is 12.2. The second kappa shape index (κ2) is 8.31. The number of carbonyl (C=O) groups excluding carboxylic acids is 1. The lowest BCUT2D eigenvalue weighted by molar-refractivity contribution is -0.113. The first kappa shape index (κ1) is 19.0. The molecular weight excluding hydrogens is 415 g/mol. The largest absolute Gasteiger partial charge is 0.324 e. The molecular formula is C17H13Cl3N4OS. The van der Waals surface area contributed by atoms with Crippen LogP contribution in [-0.4, -0.2) is 26.4 Å². The van der Waals surface area contributed by atoms with Crippen molar-refractivity contribution in [3.63, 3.8) is 0 Å². The van der Waals surface area contributed by atoms with E-state index in [0.717, 1.165) is 5.56 Å². The van der Waals surface area contributed by atoms with Crippen LogP contribution in [0.25, 0.3) is 11.4 Å². The molecule has 0 saturated carbocycles. The van der Waals surface area contributed by atoms with Gasteiger partial charge in [-0.15, -0.1) is 10.2 Å². The third-order valence-electron chi connectivity index (χ3n) is 3.51. The summed E-state index contributed by atoms with van der Waals surface area (Å²) in [5.41, 5.74) is 1.26. The number of amides is 1. The van der Waals surface area contributed by atoms with Crippen LogP contribution in [0.2, 0.25) is 15.1 Å². The van der Waals surface area contributed by atoms with Crippen LogP contribution in [0.4, 0.5) is 5.69 Å². The lowest BCUT2D eigenvalue weighted by Crippen LogP contribution is -2.14. The zero-order chi connectivity index (χ0) is 18.7. The number of benzene rings is 2. The normalized spacial score (nSPS) is 10.8. The van der Waals surface area contributed by atoms with Gasteiger partial charge in [-0.1, -0.05) is 64.8 Å². The molecule has 0 fully saturated rings. The first-order valence-electron chi connectivity index (χ1n) is 7.48. The van der Waals surface area contributed by atoms with Crippen LogP contribution in [-0.2, 0) is 11.8 Å². The predicted octanol–water partition coefficient (Wildman–Crippen LogP) is 5.17. The Kier molecular flexibility index (Phi) is 6.09. The number of nitrogens with zero attached hydrogens (tertiary/aromatic N) is 3. The summed E-state index contributed by atoms with van der Waals surface area (Å²) < 4.78 is 1.80. The minimum Gasteiger partial charge on any atom is -0.324 e. The van der Waals surface area contributed by atoms with Gasteiger partial charge in [0, 0.05) is 12.6 Å². The number of anilines is 1. The first-order valence-corrected chi connectivity index (χ1v) is 9.60. The van der Waals surface area contributed by atoms with Crippen molar-refractivity contribution >= 4 is 58.2 Å². The van der Waals surface area contributed by atoms with E-state index in [0.29, 0.717) is 31.7 Å². The van der Waals surface area contributed by atoms with Crippen molar-refractivity contribution in [2.75, 3.05) is 11.1 Å². The molecule has 2 aromatic carbocycles. The Morgan fingerprint density at radius 3 is 2.58 bits per heavy atom. The first-order chi connectivity index (χ1) is 12.5. The van der Waals surface area contributed by atoms with E-state index in [4.69, 9.17) is 34.8 Å². The Morgan fingerprint density at radius 2 is 1.81 bits per heavy atom. The number of aromatic nitrogens is 3. The smallest absolute Gasteiger partial charge is 0.234 e. The summed E-state index contributed by atoms with van der Waals surface area (Å²) in [7, 11) is 1.83. The number of rotatable bonds is 5. The van der Waals surface area contributed by atoms with Gasteiger partial charge in [-0.2, -0.15) is 0 Å². The fourth-order valence-corrected chi connectivity index (χ4v) is 3.51. The molecule has 3 aromatic rings. The van der Waals surface area contributed by atoms with Crippen LogP contribution >= 0.6 is 46.6 Å². The summed E-state index contributed by atoms with van der Waals surface area (Å²) in [4.78, 5) is 12.2. The summed E-state index contributed by atoms with van der Waals surface area (Å²) in [6, 6.07) is 12.5. The molecule has 0 radical (unpaired) electrons. The monoisotopic (exact) mass is 426 g/mol. The summed E-state index contributed by atoms with van der Waals surface area (Å²) in [5.74, 6) is 0.565. The Labute approximate surface area is 169 Å². The number of thioether (sulfide) groups is 1. The van der Waals surface area contributed by atoms with Crippen molar-refractivity contribution in [3.05, 3.63) is 57.5 Å².